The zero-order valence-corrected chi connectivity index (χ0v) is 9.71. The Hall–Kier alpha value is -2.57. The average Bonchev–Trinajstić information content (AvgIpc) is 2.68. The Balaban J connectivity index is 2.02. The van der Waals surface area contributed by atoms with Crippen LogP contribution in [0, 0.1) is 0 Å². The lowest BCUT2D eigenvalue weighted by Crippen LogP contribution is -2.23. The van der Waals surface area contributed by atoms with E-state index in [2.05, 4.69) is 14.8 Å². The van der Waals surface area contributed by atoms with E-state index in [-0.39, 0.29) is 18.0 Å². The van der Waals surface area contributed by atoms with Gasteiger partial charge in [-0.05, 0) is 6.07 Å². The number of nitrogens with one attached hydrogen (secondary N) is 1. The van der Waals surface area contributed by atoms with Gasteiger partial charge in [-0.15, -0.1) is 0 Å². The molecule has 2 aromatic heterocycles. The molecule has 0 saturated carbocycles. The number of hydrogen-bond acceptors (Lipinski definition) is 5. The molecule has 0 fully saturated rings. The van der Waals surface area contributed by atoms with Crippen LogP contribution in [0.3, 0.4) is 0 Å². The SMILES string of the molecule is Cn1ncc(CNC(=O)c2ccc(=O)oc2)c1N. The van der Waals surface area contributed by atoms with Gasteiger partial charge in [-0.1, -0.05) is 0 Å². The zero-order valence-electron chi connectivity index (χ0n) is 9.71. The minimum Gasteiger partial charge on any atom is -0.430 e. The standard InChI is InChI=1S/C11H12N4O3/c1-15-10(12)8(5-14-15)4-13-11(17)7-2-3-9(16)18-6-7/h2-3,5-6H,4,12H2,1H3,(H,13,17). The maximum Gasteiger partial charge on any atom is 0.335 e. The van der Waals surface area contributed by atoms with E-state index in [0.29, 0.717) is 5.82 Å². The fourth-order valence-corrected chi connectivity index (χ4v) is 1.39. The van der Waals surface area contributed by atoms with Gasteiger partial charge in [0.1, 0.15) is 12.1 Å². The molecule has 2 heterocycles. The molecule has 0 saturated heterocycles. The molecule has 18 heavy (non-hydrogen) atoms. The van der Waals surface area contributed by atoms with Crippen LogP contribution in [0.5, 0.6) is 0 Å². The molecule has 2 rings (SSSR count). The third-order valence-electron chi connectivity index (χ3n) is 2.47. The minimum atomic E-state index is -0.497. The van der Waals surface area contributed by atoms with E-state index in [9.17, 15) is 9.59 Å². The molecular weight excluding hydrogens is 236 g/mol. The summed E-state index contributed by atoms with van der Waals surface area (Å²) < 4.78 is 6.12. The molecule has 7 nitrogen and oxygen atoms in total. The molecule has 0 atom stereocenters. The van der Waals surface area contributed by atoms with Gasteiger partial charge < -0.3 is 15.5 Å². The predicted octanol–water partition coefficient (Wildman–Crippen LogP) is -0.115. The highest BCUT2D eigenvalue weighted by molar-refractivity contribution is 5.93. The Morgan fingerprint density at radius 3 is 2.89 bits per heavy atom. The highest BCUT2D eigenvalue weighted by Crippen LogP contribution is 2.08. The van der Waals surface area contributed by atoms with Crippen LogP contribution in [0.15, 0.2) is 33.8 Å². The van der Waals surface area contributed by atoms with Crippen LogP contribution in [0.1, 0.15) is 15.9 Å². The average molecular weight is 248 g/mol. The van der Waals surface area contributed by atoms with Crippen molar-refractivity contribution in [1.29, 1.82) is 0 Å². The van der Waals surface area contributed by atoms with E-state index in [1.54, 1.807) is 13.2 Å². The zero-order chi connectivity index (χ0) is 13.1. The number of anilines is 1. The van der Waals surface area contributed by atoms with Crippen LogP contribution in [0.2, 0.25) is 0 Å². The van der Waals surface area contributed by atoms with Crippen molar-refractivity contribution in [3.8, 4) is 0 Å². The summed E-state index contributed by atoms with van der Waals surface area (Å²) in [6.07, 6.45) is 2.70. The normalized spacial score (nSPS) is 10.3. The molecule has 0 bridgehead atoms. The van der Waals surface area contributed by atoms with Crippen LogP contribution in [-0.4, -0.2) is 15.7 Å². The second-order valence-corrected chi connectivity index (χ2v) is 3.70. The molecule has 1 amide bonds. The van der Waals surface area contributed by atoms with Gasteiger partial charge >= 0.3 is 5.63 Å². The first-order valence-electron chi connectivity index (χ1n) is 5.21. The first kappa shape index (κ1) is 11.9. The molecule has 94 valence electrons. The lowest BCUT2D eigenvalue weighted by molar-refractivity contribution is 0.0948. The Kier molecular flexibility index (Phi) is 3.13. The van der Waals surface area contributed by atoms with Crippen LogP contribution >= 0.6 is 0 Å². The highest BCUT2D eigenvalue weighted by Gasteiger charge is 2.09. The molecule has 0 unspecified atom stereocenters. The van der Waals surface area contributed by atoms with Crippen LogP contribution in [0.25, 0.3) is 0 Å². The third kappa shape index (κ3) is 2.40. The monoisotopic (exact) mass is 248 g/mol. The van der Waals surface area contributed by atoms with E-state index >= 15 is 0 Å². The van der Waals surface area contributed by atoms with Crippen LogP contribution in [-0.2, 0) is 13.6 Å². The predicted molar refractivity (Wildman–Crippen MR) is 63.8 cm³/mol. The quantitative estimate of drug-likeness (QED) is 0.788. The maximum absolute atomic E-state index is 11.7. The number of hydrogen-bond donors (Lipinski definition) is 2. The molecule has 0 radical (unpaired) electrons. The fourth-order valence-electron chi connectivity index (χ4n) is 1.39. The Morgan fingerprint density at radius 2 is 2.33 bits per heavy atom. The molecule has 0 spiro atoms. The number of aryl methyl sites for hydroxylation is 1. The fraction of sp³-hybridized carbons (Fsp3) is 0.182. The minimum absolute atomic E-state index is 0.262. The van der Waals surface area contributed by atoms with E-state index in [4.69, 9.17) is 5.73 Å². The highest BCUT2D eigenvalue weighted by atomic mass is 16.4. The Bertz CT molecular complexity index is 609. The van der Waals surface area contributed by atoms with Crippen molar-refractivity contribution in [2.45, 2.75) is 6.54 Å². The summed E-state index contributed by atoms with van der Waals surface area (Å²) in [4.78, 5) is 22.5. The van der Waals surface area contributed by atoms with Gasteiger partial charge in [0, 0.05) is 25.2 Å². The number of carbonyl (C=O) groups excluding carboxylic acids is 1. The number of amides is 1. The Labute approximate surface area is 102 Å². The van der Waals surface area contributed by atoms with Crippen molar-refractivity contribution in [3.63, 3.8) is 0 Å². The van der Waals surface area contributed by atoms with Gasteiger partial charge in [0.05, 0.1) is 11.8 Å². The summed E-state index contributed by atoms with van der Waals surface area (Å²) in [5, 5.41) is 6.61. The van der Waals surface area contributed by atoms with Crippen LogP contribution < -0.4 is 16.7 Å². The van der Waals surface area contributed by atoms with Crippen molar-refractivity contribution < 1.29 is 9.21 Å². The van der Waals surface area contributed by atoms with E-state index in [0.717, 1.165) is 11.8 Å². The molecule has 0 aromatic carbocycles. The number of carbonyl (C=O) groups is 1. The number of rotatable bonds is 3. The first-order chi connectivity index (χ1) is 8.58. The summed E-state index contributed by atoms with van der Waals surface area (Å²) in [7, 11) is 1.71. The lowest BCUT2D eigenvalue weighted by Gasteiger charge is -2.04. The molecule has 7 heteroatoms. The van der Waals surface area contributed by atoms with Crippen molar-refractivity contribution in [2.24, 2.45) is 7.05 Å². The van der Waals surface area contributed by atoms with Gasteiger partial charge in [0.15, 0.2) is 0 Å². The summed E-state index contributed by atoms with van der Waals surface area (Å²) in [6, 6.07) is 2.58. The number of nitrogens with two attached hydrogens (primary N) is 1. The number of nitrogen functional groups attached to an aromatic ring is 1. The second-order valence-electron chi connectivity index (χ2n) is 3.70. The molecule has 0 aliphatic carbocycles. The van der Waals surface area contributed by atoms with Crippen molar-refractivity contribution in [1.82, 2.24) is 15.1 Å². The third-order valence-corrected chi connectivity index (χ3v) is 2.47. The first-order valence-corrected chi connectivity index (χ1v) is 5.21. The topological polar surface area (TPSA) is 103 Å². The Morgan fingerprint density at radius 1 is 1.56 bits per heavy atom. The van der Waals surface area contributed by atoms with E-state index in [1.165, 1.54) is 16.8 Å². The van der Waals surface area contributed by atoms with Crippen LogP contribution in [0.4, 0.5) is 5.82 Å². The summed E-state index contributed by atoms with van der Waals surface area (Å²) in [5.41, 5.74) is 6.24. The molecule has 0 aliphatic rings. The summed E-state index contributed by atoms with van der Waals surface area (Å²) in [6.45, 7) is 0.262. The molecule has 0 aliphatic heterocycles. The van der Waals surface area contributed by atoms with Gasteiger partial charge in [-0.25, -0.2) is 4.79 Å². The van der Waals surface area contributed by atoms with Crippen molar-refractivity contribution in [3.05, 3.63) is 46.1 Å². The van der Waals surface area contributed by atoms with E-state index < -0.39 is 5.63 Å². The lowest BCUT2D eigenvalue weighted by atomic mass is 10.2. The van der Waals surface area contributed by atoms with Gasteiger partial charge in [0.25, 0.3) is 5.91 Å². The number of nitrogens with zero attached hydrogens (tertiary/aromatic N) is 2. The van der Waals surface area contributed by atoms with Gasteiger partial charge in [-0.2, -0.15) is 5.10 Å². The number of aromatic nitrogens is 2. The van der Waals surface area contributed by atoms with Crippen molar-refractivity contribution in [2.75, 3.05) is 5.73 Å². The van der Waals surface area contributed by atoms with Gasteiger partial charge in [0.2, 0.25) is 0 Å². The summed E-state index contributed by atoms with van der Waals surface area (Å²) in [5.74, 6) is 0.150. The molecule has 2 aromatic rings. The second kappa shape index (κ2) is 4.74. The van der Waals surface area contributed by atoms with E-state index in [1.807, 2.05) is 0 Å². The molecule has 3 N–H and O–H groups in total. The smallest absolute Gasteiger partial charge is 0.335 e. The summed E-state index contributed by atoms with van der Waals surface area (Å²) >= 11 is 0. The largest absolute Gasteiger partial charge is 0.430 e. The van der Waals surface area contributed by atoms with Crippen molar-refractivity contribution >= 4 is 11.7 Å². The molecular formula is C11H12N4O3. The maximum atomic E-state index is 11.7. The van der Waals surface area contributed by atoms with Gasteiger partial charge in [-0.3, -0.25) is 9.48 Å².